The van der Waals surface area contributed by atoms with Gasteiger partial charge >= 0.3 is 5.97 Å². The normalized spacial score (nSPS) is 16.0. The van der Waals surface area contributed by atoms with Gasteiger partial charge in [0.05, 0.1) is 29.3 Å². The Morgan fingerprint density at radius 1 is 1.18 bits per heavy atom. The van der Waals surface area contributed by atoms with E-state index in [1.165, 1.54) is 12.1 Å². The van der Waals surface area contributed by atoms with Crippen LogP contribution in [0.4, 0.5) is 10.3 Å². The molecule has 0 saturated heterocycles. The maximum atomic E-state index is 13.5. The van der Waals surface area contributed by atoms with Gasteiger partial charge in [-0.15, -0.1) is 0 Å². The molecule has 4 rings (SSSR count). The SMILES string of the molecule is COCCOC(=O)C1=C(C)Nc2nc3ccccc3n2[C@H]1c1ccc(F)cc1. The van der Waals surface area contributed by atoms with E-state index < -0.39 is 12.0 Å². The number of ether oxygens (including phenoxy) is 2. The van der Waals surface area contributed by atoms with Crippen molar-refractivity contribution in [3.05, 3.63) is 71.2 Å². The minimum absolute atomic E-state index is 0.153. The van der Waals surface area contributed by atoms with Gasteiger partial charge in [0, 0.05) is 12.8 Å². The van der Waals surface area contributed by atoms with Crippen LogP contribution >= 0.6 is 0 Å². The maximum absolute atomic E-state index is 13.5. The van der Waals surface area contributed by atoms with Gasteiger partial charge in [-0.3, -0.25) is 4.57 Å². The molecule has 2 aromatic carbocycles. The second-order valence-electron chi connectivity index (χ2n) is 6.54. The predicted octanol–water partition coefficient (Wildman–Crippen LogP) is 3.65. The molecule has 0 fully saturated rings. The van der Waals surface area contributed by atoms with Gasteiger partial charge in [0.2, 0.25) is 5.95 Å². The number of methoxy groups -OCH3 is 1. The predicted molar refractivity (Wildman–Crippen MR) is 103 cm³/mol. The number of rotatable bonds is 5. The van der Waals surface area contributed by atoms with Gasteiger partial charge in [-0.05, 0) is 36.8 Å². The number of aromatic nitrogens is 2. The number of carbonyl (C=O) groups excluding carboxylic acids is 1. The van der Waals surface area contributed by atoms with E-state index in [2.05, 4.69) is 10.3 Å². The topological polar surface area (TPSA) is 65.4 Å². The molecule has 0 aliphatic carbocycles. The smallest absolute Gasteiger partial charge is 0.338 e. The highest BCUT2D eigenvalue weighted by Crippen LogP contribution is 2.39. The van der Waals surface area contributed by atoms with E-state index in [-0.39, 0.29) is 12.4 Å². The fraction of sp³-hybridized carbons (Fsp3) is 0.238. The summed E-state index contributed by atoms with van der Waals surface area (Å²) in [7, 11) is 1.55. The zero-order chi connectivity index (χ0) is 19.7. The van der Waals surface area contributed by atoms with Crippen LogP contribution in [-0.2, 0) is 14.3 Å². The third kappa shape index (κ3) is 3.14. The molecule has 6 nitrogen and oxygen atoms in total. The van der Waals surface area contributed by atoms with Crippen LogP contribution in [-0.4, -0.2) is 35.8 Å². The Morgan fingerprint density at radius 3 is 2.68 bits per heavy atom. The molecule has 0 unspecified atom stereocenters. The van der Waals surface area contributed by atoms with Gasteiger partial charge in [0.1, 0.15) is 12.4 Å². The molecule has 0 saturated carbocycles. The highest BCUT2D eigenvalue weighted by atomic mass is 19.1. The molecule has 1 atom stereocenters. The van der Waals surface area contributed by atoms with E-state index in [0.717, 1.165) is 16.6 Å². The molecule has 0 radical (unpaired) electrons. The van der Waals surface area contributed by atoms with Crippen LogP contribution in [0.15, 0.2) is 59.8 Å². The van der Waals surface area contributed by atoms with Crippen molar-refractivity contribution < 1.29 is 18.7 Å². The number of allylic oxidation sites excluding steroid dienone is 1. The Hall–Kier alpha value is -3.19. The quantitative estimate of drug-likeness (QED) is 0.540. The molecule has 1 N–H and O–H groups in total. The first-order chi connectivity index (χ1) is 13.6. The Kier molecular flexibility index (Phi) is 4.83. The third-order valence-electron chi connectivity index (χ3n) is 4.76. The average Bonchev–Trinajstić information content (AvgIpc) is 3.05. The van der Waals surface area contributed by atoms with Crippen LogP contribution in [0.1, 0.15) is 18.5 Å². The molecule has 3 aromatic rings. The van der Waals surface area contributed by atoms with Crippen LogP contribution in [0.3, 0.4) is 0 Å². The molecule has 0 amide bonds. The first-order valence-electron chi connectivity index (χ1n) is 8.96. The number of imidazole rings is 1. The molecule has 1 aromatic heterocycles. The van der Waals surface area contributed by atoms with Gasteiger partial charge in [-0.25, -0.2) is 14.2 Å². The fourth-order valence-corrected chi connectivity index (χ4v) is 3.48. The molecule has 144 valence electrons. The summed E-state index contributed by atoms with van der Waals surface area (Å²) in [5.41, 5.74) is 3.55. The zero-order valence-corrected chi connectivity index (χ0v) is 15.6. The minimum atomic E-state index is -0.487. The number of para-hydroxylation sites is 2. The lowest BCUT2D eigenvalue weighted by Crippen LogP contribution is -2.29. The Morgan fingerprint density at radius 2 is 1.93 bits per heavy atom. The number of nitrogens with one attached hydrogen (secondary N) is 1. The summed E-state index contributed by atoms with van der Waals surface area (Å²) in [6.45, 7) is 2.28. The lowest BCUT2D eigenvalue weighted by Gasteiger charge is -2.30. The lowest BCUT2D eigenvalue weighted by atomic mass is 9.95. The average molecular weight is 381 g/mol. The molecular formula is C21H20FN3O3. The Labute approximate surface area is 161 Å². The van der Waals surface area contributed by atoms with Crippen LogP contribution in [0, 0.1) is 5.82 Å². The van der Waals surface area contributed by atoms with E-state index in [1.807, 2.05) is 35.8 Å². The third-order valence-corrected chi connectivity index (χ3v) is 4.76. The summed E-state index contributed by atoms with van der Waals surface area (Å²) in [6.07, 6.45) is 0. The number of nitrogens with zero attached hydrogens (tertiary/aromatic N) is 2. The molecular weight excluding hydrogens is 361 g/mol. The summed E-state index contributed by atoms with van der Waals surface area (Å²) in [5, 5.41) is 3.21. The van der Waals surface area contributed by atoms with E-state index in [4.69, 9.17) is 9.47 Å². The van der Waals surface area contributed by atoms with E-state index in [0.29, 0.717) is 23.8 Å². The second kappa shape index (κ2) is 7.44. The van der Waals surface area contributed by atoms with Gasteiger partial charge in [-0.1, -0.05) is 24.3 Å². The maximum Gasteiger partial charge on any atom is 0.338 e. The van der Waals surface area contributed by atoms with Crippen molar-refractivity contribution in [3.63, 3.8) is 0 Å². The highest BCUT2D eigenvalue weighted by Gasteiger charge is 2.34. The van der Waals surface area contributed by atoms with Crippen molar-refractivity contribution in [1.29, 1.82) is 0 Å². The summed E-state index contributed by atoms with van der Waals surface area (Å²) < 4.78 is 25.8. The summed E-state index contributed by atoms with van der Waals surface area (Å²) in [5.74, 6) is -0.153. The van der Waals surface area contributed by atoms with E-state index >= 15 is 0 Å². The largest absolute Gasteiger partial charge is 0.460 e. The number of carbonyl (C=O) groups is 1. The number of benzene rings is 2. The minimum Gasteiger partial charge on any atom is -0.460 e. The van der Waals surface area contributed by atoms with Gasteiger partial charge in [0.15, 0.2) is 0 Å². The number of halogens is 1. The monoisotopic (exact) mass is 381 g/mol. The number of esters is 1. The van der Waals surface area contributed by atoms with E-state index in [9.17, 15) is 9.18 Å². The summed E-state index contributed by atoms with van der Waals surface area (Å²) in [6, 6.07) is 13.3. The van der Waals surface area contributed by atoms with Crippen molar-refractivity contribution in [1.82, 2.24) is 9.55 Å². The summed E-state index contributed by atoms with van der Waals surface area (Å²) in [4.78, 5) is 17.6. The highest BCUT2D eigenvalue weighted by molar-refractivity contribution is 5.94. The Bertz CT molecular complexity index is 1060. The van der Waals surface area contributed by atoms with Crippen LogP contribution in [0.5, 0.6) is 0 Å². The molecule has 28 heavy (non-hydrogen) atoms. The van der Waals surface area contributed by atoms with Crippen LogP contribution in [0.2, 0.25) is 0 Å². The standard InChI is InChI=1S/C21H20FN3O3/c1-13-18(20(26)28-12-11-27-2)19(14-7-9-15(22)10-8-14)25-17-6-4-3-5-16(17)24-21(25)23-13/h3-10,19H,11-12H2,1-2H3,(H,23,24)/t19-/m0/s1. The number of hydrogen-bond donors (Lipinski definition) is 1. The van der Waals surface area contributed by atoms with Gasteiger partial charge in [-0.2, -0.15) is 0 Å². The number of fused-ring (bicyclic) bond motifs is 3. The molecule has 7 heteroatoms. The molecule has 1 aliphatic rings. The van der Waals surface area contributed by atoms with Crippen molar-refractivity contribution >= 4 is 23.0 Å². The van der Waals surface area contributed by atoms with Crippen molar-refractivity contribution in [3.8, 4) is 0 Å². The van der Waals surface area contributed by atoms with Gasteiger partial charge < -0.3 is 14.8 Å². The summed E-state index contributed by atoms with van der Waals surface area (Å²) >= 11 is 0. The molecule has 1 aliphatic heterocycles. The molecule has 0 bridgehead atoms. The van der Waals surface area contributed by atoms with Crippen LogP contribution in [0.25, 0.3) is 11.0 Å². The number of anilines is 1. The van der Waals surface area contributed by atoms with Crippen molar-refractivity contribution in [2.24, 2.45) is 0 Å². The zero-order valence-electron chi connectivity index (χ0n) is 15.6. The van der Waals surface area contributed by atoms with Crippen molar-refractivity contribution in [2.45, 2.75) is 13.0 Å². The van der Waals surface area contributed by atoms with Crippen molar-refractivity contribution in [2.75, 3.05) is 25.6 Å². The van der Waals surface area contributed by atoms with Gasteiger partial charge in [0.25, 0.3) is 0 Å². The molecule has 2 heterocycles. The van der Waals surface area contributed by atoms with Crippen LogP contribution < -0.4 is 5.32 Å². The number of hydrogen-bond acceptors (Lipinski definition) is 5. The van der Waals surface area contributed by atoms with E-state index in [1.54, 1.807) is 19.2 Å². The Balaban J connectivity index is 1.86. The fourth-order valence-electron chi connectivity index (χ4n) is 3.48. The second-order valence-corrected chi connectivity index (χ2v) is 6.54. The lowest BCUT2D eigenvalue weighted by molar-refractivity contribution is -0.140. The molecule has 0 spiro atoms. The first-order valence-corrected chi connectivity index (χ1v) is 8.96. The first kappa shape index (κ1) is 18.2.